The molecule has 2 aromatic rings. The van der Waals surface area contributed by atoms with Crippen molar-refractivity contribution in [3.05, 3.63) is 87.1 Å². The second-order valence-electron chi connectivity index (χ2n) is 9.36. The Labute approximate surface area is 187 Å². The molecule has 3 atom stereocenters. The van der Waals surface area contributed by atoms with Gasteiger partial charge in [0.25, 0.3) is 5.91 Å². The summed E-state index contributed by atoms with van der Waals surface area (Å²) in [6.45, 7) is 4.40. The van der Waals surface area contributed by atoms with Gasteiger partial charge < -0.3 is 4.90 Å². The number of Topliss-reactive ketones (excluding diaryl/α,β-unsaturated/α-hetero) is 1. The van der Waals surface area contributed by atoms with Gasteiger partial charge in [0.1, 0.15) is 5.54 Å². The van der Waals surface area contributed by atoms with Crippen LogP contribution in [0, 0.1) is 6.92 Å². The highest BCUT2D eigenvalue weighted by Crippen LogP contribution is 2.61. The molecule has 1 amide bonds. The number of likely N-dealkylation sites (tertiary alicyclic amines) is 1. The van der Waals surface area contributed by atoms with Crippen LogP contribution < -0.4 is 0 Å². The number of fused-ring (bicyclic) bond motifs is 2. The van der Waals surface area contributed by atoms with Crippen molar-refractivity contribution < 1.29 is 14.4 Å². The number of aryl methyl sites for hydroxylation is 2. The fourth-order valence-electron chi connectivity index (χ4n) is 5.99. The normalized spacial score (nSPS) is 27.5. The Morgan fingerprint density at radius 1 is 1.12 bits per heavy atom. The Morgan fingerprint density at radius 2 is 1.91 bits per heavy atom. The van der Waals surface area contributed by atoms with Crippen LogP contribution in [0.1, 0.15) is 56.3 Å². The van der Waals surface area contributed by atoms with Gasteiger partial charge in [-0.2, -0.15) is 0 Å². The zero-order valence-corrected chi connectivity index (χ0v) is 18.4. The molecule has 1 spiro atoms. The summed E-state index contributed by atoms with van der Waals surface area (Å²) in [5, 5.41) is 0. The van der Waals surface area contributed by atoms with Crippen LogP contribution in [0.15, 0.2) is 53.7 Å². The second-order valence-corrected chi connectivity index (χ2v) is 9.36. The number of hydrogen-bond acceptors (Lipinski definition) is 4. The van der Waals surface area contributed by atoms with Crippen LogP contribution in [0.3, 0.4) is 0 Å². The van der Waals surface area contributed by atoms with Crippen molar-refractivity contribution in [3.63, 3.8) is 0 Å². The van der Waals surface area contributed by atoms with Crippen LogP contribution in [0.4, 0.5) is 0 Å². The Hall–Kier alpha value is -3.31. The molecular weight excluding hydrogens is 400 g/mol. The first kappa shape index (κ1) is 19.4. The largest absolute Gasteiger partial charge is 0.308 e. The second kappa shape index (κ2) is 6.36. The summed E-state index contributed by atoms with van der Waals surface area (Å²) in [5.74, 6) is 0.0389. The van der Waals surface area contributed by atoms with E-state index in [1.165, 1.54) is 0 Å². The van der Waals surface area contributed by atoms with Gasteiger partial charge in [0, 0.05) is 35.7 Å². The van der Waals surface area contributed by atoms with Crippen molar-refractivity contribution in [2.24, 2.45) is 0 Å². The molecule has 2 fully saturated rings. The molecule has 0 saturated carbocycles. The first-order valence-electron chi connectivity index (χ1n) is 11.1. The molecule has 2 aromatic carbocycles. The average Bonchev–Trinajstić information content (AvgIpc) is 3.04. The number of rotatable bonds is 2. The van der Waals surface area contributed by atoms with E-state index in [4.69, 9.17) is 0 Å². The van der Waals surface area contributed by atoms with Crippen molar-refractivity contribution in [3.8, 4) is 0 Å². The summed E-state index contributed by atoms with van der Waals surface area (Å²) in [4.78, 5) is 42.6. The van der Waals surface area contributed by atoms with Gasteiger partial charge in [-0.3, -0.25) is 19.3 Å². The molecule has 1 unspecified atom stereocenters. The molecule has 6 rings (SSSR count). The quantitative estimate of drug-likeness (QED) is 0.545. The maximum atomic E-state index is 13.5. The number of piperazine rings is 1. The van der Waals surface area contributed by atoms with Crippen molar-refractivity contribution >= 4 is 23.5 Å². The topological polar surface area (TPSA) is 57.5 Å². The molecule has 0 bridgehead atoms. The number of nitrogens with zero attached hydrogens (tertiary/aromatic N) is 2. The summed E-state index contributed by atoms with van der Waals surface area (Å²) >= 11 is 0. The van der Waals surface area contributed by atoms with E-state index in [0.29, 0.717) is 18.5 Å². The molecule has 0 radical (unpaired) electrons. The first-order chi connectivity index (χ1) is 15.3. The molecule has 2 saturated heterocycles. The molecule has 2 aliphatic carbocycles. The predicted octanol–water partition coefficient (Wildman–Crippen LogP) is 3.66. The number of amides is 1. The van der Waals surface area contributed by atoms with E-state index in [1.54, 1.807) is 11.0 Å². The maximum Gasteiger partial charge on any atom is 0.253 e. The minimum absolute atomic E-state index is 0.0467. The molecular formula is C27H24N2O3. The highest BCUT2D eigenvalue weighted by atomic mass is 16.2. The lowest BCUT2D eigenvalue weighted by molar-refractivity contribution is -0.125. The Balaban J connectivity index is 1.36. The predicted molar refractivity (Wildman–Crippen MR) is 121 cm³/mol. The molecule has 160 valence electrons. The third kappa shape index (κ3) is 2.34. The number of allylic oxidation sites excluding steroid dienone is 1. The van der Waals surface area contributed by atoms with E-state index in [1.807, 2.05) is 50.3 Å². The molecule has 2 heterocycles. The SMILES string of the molecule is C/C(=C\c1cc2c(cc1C)CCC2=O)C(=O)N1C[C@H]2N(C)[C@@]23C1=CC(=O)c1ccccc13. The summed E-state index contributed by atoms with van der Waals surface area (Å²) in [7, 11) is 2.06. The minimum atomic E-state index is -0.379. The molecule has 0 aromatic heterocycles. The monoisotopic (exact) mass is 424 g/mol. The smallest absolute Gasteiger partial charge is 0.253 e. The summed E-state index contributed by atoms with van der Waals surface area (Å²) < 4.78 is 0. The fraction of sp³-hybridized carbons (Fsp3) is 0.296. The van der Waals surface area contributed by atoms with Crippen molar-refractivity contribution in [1.29, 1.82) is 0 Å². The van der Waals surface area contributed by atoms with Gasteiger partial charge in [0.15, 0.2) is 11.6 Å². The van der Waals surface area contributed by atoms with Gasteiger partial charge in [-0.05, 0) is 61.7 Å². The highest BCUT2D eigenvalue weighted by Gasteiger charge is 2.72. The minimum Gasteiger partial charge on any atom is -0.308 e. The third-order valence-corrected chi connectivity index (χ3v) is 7.71. The van der Waals surface area contributed by atoms with Gasteiger partial charge in [0.2, 0.25) is 0 Å². The number of ketones is 2. The van der Waals surface area contributed by atoms with Gasteiger partial charge in [-0.25, -0.2) is 0 Å². The summed E-state index contributed by atoms with van der Waals surface area (Å²) in [6, 6.07) is 11.9. The average molecular weight is 425 g/mol. The van der Waals surface area contributed by atoms with Crippen molar-refractivity contribution in [2.75, 3.05) is 13.6 Å². The van der Waals surface area contributed by atoms with E-state index < -0.39 is 0 Å². The van der Waals surface area contributed by atoms with E-state index in [2.05, 4.69) is 18.0 Å². The number of benzene rings is 2. The standard InChI is InChI=1S/C27H24N2O3/c1-15-10-17-8-9-22(30)20(17)12-18(15)11-16(2)26(32)29-14-25-27(28(25)3)21-7-5-4-6-19(21)23(31)13-24(27)29/h4-7,10-13,25H,8-9,14H2,1-3H3/b16-11+/t25-,27+,28?/m1/s1. The summed E-state index contributed by atoms with van der Waals surface area (Å²) in [5.41, 5.74) is 6.58. The van der Waals surface area contributed by atoms with Crippen LogP contribution in [0.5, 0.6) is 0 Å². The zero-order chi connectivity index (χ0) is 22.4. The molecule has 5 nitrogen and oxygen atoms in total. The number of carbonyl (C=O) groups is 3. The lowest BCUT2D eigenvalue weighted by Gasteiger charge is -2.31. The molecule has 5 heteroatoms. The van der Waals surface area contributed by atoms with Crippen LogP contribution in [-0.4, -0.2) is 46.9 Å². The van der Waals surface area contributed by atoms with Crippen LogP contribution in [-0.2, 0) is 16.8 Å². The Kier molecular flexibility index (Phi) is 3.85. The maximum absolute atomic E-state index is 13.5. The highest BCUT2D eigenvalue weighted by molar-refractivity contribution is 6.10. The Bertz CT molecular complexity index is 1320. The van der Waals surface area contributed by atoms with E-state index in [0.717, 1.165) is 45.5 Å². The van der Waals surface area contributed by atoms with Crippen LogP contribution in [0.25, 0.3) is 6.08 Å². The van der Waals surface area contributed by atoms with Crippen LogP contribution in [0.2, 0.25) is 0 Å². The first-order valence-corrected chi connectivity index (χ1v) is 11.1. The molecule has 2 aliphatic heterocycles. The fourth-order valence-corrected chi connectivity index (χ4v) is 5.99. The molecule has 0 N–H and O–H groups in total. The van der Waals surface area contributed by atoms with Gasteiger partial charge in [0.05, 0.1) is 11.7 Å². The van der Waals surface area contributed by atoms with Crippen molar-refractivity contribution in [1.82, 2.24) is 9.80 Å². The van der Waals surface area contributed by atoms with Gasteiger partial charge >= 0.3 is 0 Å². The zero-order valence-electron chi connectivity index (χ0n) is 18.4. The summed E-state index contributed by atoms with van der Waals surface area (Å²) in [6.07, 6.45) is 4.89. The molecule has 4 aliphatic rings. The number of carbonyl (C=O) groups excluding carboxylic acids is 3. The Morgan fingerprint density at radius 3 is 2.72 bits per heavy atom. The van der Waals surface area contributed by atoms with Crippen molar-refractivity contribution in [2.45, 2.75) is 38.3 Å². The number of likely N-dealkylation sites (N-methyl/N-ethyl adjacent to an activating group) is 1. The third-order valence-electron chi connectivity index (χ3n) is 7.71. The lowest BCUT2D eigenvalue weighted by atomic mass is 9.83. The van der Waals surface area contributed by atoms with E-state index in [-0.39, 0.29) is 29.1 Å². The van der Waals surface area contributed by atoms with Gasteiger partial charge in [-0.1, -0.05) is 30.3 Å². The van der Waals surface area contributed by atoms with E-state index >= 15 is 0 Å². The van der Waals surface area contributed by atoms with E-state index in [9.17, 15) is 14.4 Å². The van der Waals surface area contributed by atoms with Gasteiger partial charge in [-0.15, -0.1) is 0 Å². The number of hydrogen-bond donors (Lipinski definition) is 0. The molecule has 32 heavy (non-hydrogen) atoms. The van der Waals surface area contributed by atoms with Crippen LogP contribution >= 0.6 is 0 Å². The lowest BCUT2D eigenvalue weighted by Crippen LogP contribution is -2.37.